The van der Waals surface area contributed by atoms with E-state index in [1.54, 1.807) is 0 Å². The van der Waals surface area contributed by atoms with Gasteiger partial charge in [-0.15, -0.1) is 0 Å². The molecule has 0 saturated carbocycles. The Morgan fingerprint density at radius 1 is 1.08 bits per heavy atom. The average molecular weight is 187 g/mol. The zero-order valence-electron chi connectivity index (χ0n) is 9.65. The molecular weight excluding hydrogens is 162 g/mol. The van der Waals surface area contributed by atoms with Crippen molar-refractivity contribution >= 4 is 0 Å². The van der Waals surface area contributed by atoms with E-state index < -0.39 is 0 Å². The molecule has 0 aromatic heterocycles. The van der Waals surface area contributed by atoms with Crippen LogP contribution in [0.25, 0.3) is 0 Å². The van der Waals surface area contributed by atoms with Crippen molar-refractivity contribution in [2.75, 3.05) is 19.8 Å². The highest BCUT2D eigenvalue weighted by Gasteiger charge is 2.06. The molecule has 0 heterocycles. The van der Waals surface area contributed by atoms with E-state index in [0.717, 1.165) is 19.8 Å². The summed E-state index contributed by atoms with van der Waals surface area (Å²) in [6.07, 6.45) is 3.75. The number of rotatable bonds is 7. The van der Waals surface area contributed by atoms with E-state index in [9.17, 15) is 0 Å². The Kier molecular flexibility index (Phi) is 7.29. The highest BCUT2D eigenvalue weighted by molar-refractivity contribution is 4.69. The van der Waals surface area contributed by atoms with Gasteiger partial charge in [0.2, 0.25) is 0 Å². The lowest BCUT2D eigenvalue weighted by Crippen LogP contribution is -2.38. The summed E-state index contributed by atoms with van der Waals surface area (Å²) in [5.74, 6) is 0. The summed E-state index contributed by atoms with van der Waals surface area (Å²) >= 11 is 0. The minimum atomic E-state index is 0.215. The molecule has 13 heavy (non-hydrogen) atoms. The van der Waals surface area contributed by atoms with Crippen LogP contribution in [-0.4, -0.2) is 25.3 Å². The molecule has 1 N–H and O–H groups in total. The Morgan fingerprint density at radius 3 is 2.31 bits per heavy atom. The fourth-order valence-electron chi connectivity index (χ4n) is 1.05. The van der Waals surface area contributed by atoms with Crippen molar-refractivity contribution in [3.8, 4) is 0 Å². The van der Waals surface area contributed by atoms with E-state index >= 15 is 0 Å². The molecule has 0 aliphatic rings. The molecule has 0 radical (unpaired) electrons. The van der Waals surface area contributed by atoms with E-state index in [0.29, 0.717) is 0 Å². The molecule has 0 saturated heterocycles. The molecule has 0 amide bonds. The Labute approximate surface area is 83.1 Å². The van der Waals surface area contributed by atoms with Crippen LogP contribution in [0, 0.1) is 0 Å². The van der Waals surface area contributed by atoms with Crippen molar-refractivity contribution in [1.29, 1.82) is 0 Å². The molecule has 2 nitrogen and oxygen atoms in total. The van der Waals surface area contributed by atoms with Gasteiger partial charge in [-0.3, -0.25) is 0 Å². The van der Waals surface area contributed by atoms with E-state index in [2.05, 4.69) is 33.0 Å². The van der Waals surface area contributed by atoms with Crippen LogP contribution in [0.4, 0.5) is 0 Å². The maximum atomic E-state index is 5.47. The first-order valence-electron chi connectivity index (χ1n) is 5.39. The second-order valence-electron chi connectivity index (χ2n) is 4.50. The van der Waals surface area contributed by atoms with Crippen LogP contribution in [0.2, 0.25) is 0 Å². The second-order valence-corrected chi connectivity index (χ2v) is 4.50. The third kappa shape index (κ3) is 11.9. The summed E-state index contributed by atoms with van der Waals surface area (Å²) in [7, 11) is 0. The summed E-state index contributed by atoms with van der Waals surface area (Å²) in [5, 5.41) is 3.39. The molecule has 0 aliphatic carbocycles. The van der Waals surface area contributed by atoms with Crippen molar-refractivity contribution in [3.63, 3.8) is 0 Å². The smallest absolute Gasteiger partial charge is 0.0591 e. The number of unbranched alkanes of at least 4 members (excludes halogenated alkanes) is 2. The third-order valence-electron chi connectivity index (χ3n) is 1.79. The summed E-state index contributed by atoms with van der Waals surface area (Å²) in [6.45, 7) is 11.4. The van der Waals surface area contributed by atoms with Gasteiger partial charge < -0.3 is 10.1 Å². The van der Waals surface area contributed by atoms with Gasteiger partial charge in [-0.2, -0.15) is 0 Å². The second kappa shape index (κ2) is 7.34. The lowest BCUT2D eigenvalue weighted by molar-refractivity contribution is 0.127. The summed E-state index contributed by atoms with van der Waals surface area (Å²) in [5.41, 5.74) is 0.215. The largest absolute Gasteiger partial charge is 0.380 e. The van der Waals surface area contributed by atoms with Crippen molar-refractivity contribution in [2.45, 2.75) is 52.5 Å². The molecule has 0 atom stereocenters. The number of hydrogen-bond donors (Lipinski definition) is 1. The molecule has 0 aromatic rings. The summed E-state index contributed by atoms with van der Waals surface area (Å²) < 4.78 is 5.47. The Morgan fingerprint density at radius 2 is 1.77 bits per heavy atom. The Hall–Kier alpha value is -0.0800. The lowest BCUT2D eigenvalue weighted by atomic mass is 10.1. The standard InChI is InChI=1S/C11H25NO/c1-5-6-7-9-13-10-8-12-11(2,3)4/h12H,5-10H2,1-4H3. The predicted octanol–water partition coefficient (Wildman–Crippen LogP) is 2.58. The molecule has 80 valence electrons. The molecule has 0 spiro atoms. The van der Waals surface area contributed by atoms with E-state index in [1.165, 1.54) is 19.3 Å². The number of hydrogen-bond acceptors (Lipinski definition) is 2. The topological polar surface area (TPSA) is 21.3 Å². The molecule has 0 rings (SSSR count). The molecule has 0 fully saturated rings. The zero-order chi connectivity index (χ0) is 10.2. The normalized spacial score (nSPS) is 12.0. The van der Waals surface area contributed by atoms with Crippen molar-refractivity contribution in [1.82, 2.24) is 5.32 Å². The van der Waals surface area contributed by atoms with Crippen LogP contribution in [-0.2, 0) is 4.74 Å². The molecule has 0 unspecified atom stereocenters. The zero-order valence-corrected chi connectivity index (χ0v) is 9.65. The van der Waals surface area contributed by atoms with Gasteiger partial charge >= 0.3 is 0 Å². The van der Waals surface area contributed by atoms with Crippen molar-refractivity contribution in [3.05, 3.63) is 0 Å². The minimum Gasteiger partial charge on any atom is -0.380 e. The van der Waals surface area contributed by atoms with Gasteiger partial charge in [0.1, 0.15) is 0 Å². The quantitative estimate of drug-likeness (QED) is 0.619. The SMILES string of the molecule is CCCCCOCCNC(C)(C)C. The molecule has 0 bridgehead atoms. The van der Waals surface area contributed by atoms with Gasteiger partial charge in [0.15, 0.2) is 0 Å². The van der Waals surface area contributed by atoms with Crippen LogP contribution >= 0.6 is 0 Å². The Balaban J connectivity index is 3.00. The van der Waals surface area contributed by atoms with Gasteiger partial charge in [0, 0.05) is 18.7 Å². The fourth-order valence-corrected chi connectivity index (χ4v) is 1.05. The van der Waals surface area contributed by atoms with Crippen LogP contribution in [0.1, 0.15) is 47.0 Å². The van der Waals surface area contributed by atoms with Gasteiger partial charge in [-0.1, -0.05) is 19.8 Å². The van der Waals surface area contributed by atoms with Crippen LogP contribution in [0.3, 0.4) is 0 Å². The minimum absolute atomic E-state index is 0.215. The van der Waals surface area contributed by atoms with Crippen LogP contribution in [0.15, 0.2) is 0 Å². The molecule has 2 heteroatoms. The fraction of sp³-hybridized carbons (Fsp3) is 1.00. The van der Waals surface area contributed by atoms with Gasteiger partial charge in [0.05, 0.1) is 6.61 Å². The van der Waals surface area contributed by atoms with E-state index in [1.807, 2.05) is 0 Å². The lowest BCUT2D eigenvalue weighted by Gasteiger charge is -2.20. The number of nitrogens with one attached hydrogen (secondary N) is 1. The summed E-state index contributed by atoms with van der Waals surface area (Å²) in [6, 6.07) is 0. The van der Waals surface area contributed by atoms with Gasteiger partial charge in [-0.05, 0) is 27.2 Å². The molecule has 0 aromatic carbocycles. The monoisotopic (exact) mass is 187 g/mol. The van der Waals surface area contributed by atoms with Crippen LogP contribution in [0.5, 0.6) is 0 Å². The molecular formula is C11H25NO. The van der Waals surface area contributed by atoms with E-state index in [4.69, 9.17) is 4.74 Å². The van der Waals surface area contributed by atoms with Gasteiger partial charge in [-0.25, -0.2) is 0 Å². The Bertz CT molecular complexity index is 107. The van der Waals surface area contributed by atoms with Crippen molar-refractivity contribution in [2.24, 2.45) is 0 Å². The maximum Gasteiger partial charge on any atom is 0.0591 e. The summed E-state index contributed by atoms with van der Waals surface area (Å²) in [4.78, 5) is 0. The highest BCUT2D eigenvalue weighted by Crippen LogP contribution is 1.97. The van der Waals surface area contributed by atoms with E-state index in [-0.39, 0.29) is 5.54 Å². The maximum absolute atomic E-state index is 5.47. The predicted molar refractivity (Wildman–Crippen MR) is 58.1 cm³/mol. The average Bonchev–Trinajstić information content (AvgIpc) is 2.01. The van der Waals surface area contributed by atoms with Gasteiger partial charge in [0.25, 0.3) is 0 Å². The first kappa shape index (κ1) is 12.9. The van der Waals surface area contributed by atoms with Crippen LogP contribution < -0.4 is 5.32 Å². The third-order valence-corrected chi connectivity index (χ3v) is 1.79. The number of ether oxygens (including phenoxy) is 1. The highest BCUT2D eigenvalue weighted by atomic mass is 16.5. The first-order valence-corrected chi connectivity index (χ1v) is 5.39. The molecule has 0 aliphatic heterocycles. The van der Waals surface area contributed by atoms with Crippen molar-refractivity contribution < 1.29 is 4.74 Å². The first-order chi connectivity index (χ1) is 6.06.